The third-order valence-electron chi connectivity index (χ3n) is 1.62. The van der Waals surface area contributed by atoms with E-state index in [4.69, 9.17) is 0 Å². The van der Waals surface area contributed by atoms with Crippen LogP contribution < -0.4 is 0 Å². The van der Waals surface area contributed by atoms with E-state index in [0.717, 1.165) is 4.90 Å². The lowest BCUT2D eigenvalue weighted by Crippen LogP contribution is -2.22. The smallest absolute Gasteiger partial charge is 0.207 e. The molecule has 0 unspecified atom stereocenters. The highest BCUT2D eigenvalue weighted by Gasteiger charge is 2.15. The van der Waals surface area contributed by atoms with Crippen molar-refractivity contribution in [3.8, 4) is 0 Å². The number of nitrogens with zero attached hydrogens (tertiary/aromatic N) is 1. The van der Waals surface area contributed by atoms with Crippen molar-refractivity contribution >= 4 is 22.7 Å². The summed E-state index contributed by atoms with van der Waals surface area (Å²) in [6.07, 6.45) is 0. The highest BCUT2D eigenvalue weighted by molar-refractivity contribution is 7.89. The first-order valence-corrected chi connectivity index (χ1v) is 5.55. The van der Waals surface area contributed by atoms with Crippen LogP contribution in [0.25, 0.3) is 0 Å². The second-order valence-corrected chi connectivity index (χ2v) is 5.45. The van der Waals surface area contributed by atoms with Gasteiger partial charge in [0, 0.05) is 19.0 Å². The van der Waals surface area contributed by atoms with Crippen molar-refractivity contribution in [2.75, 3.05) is 14.1 Å². The van der Waals surface area contributed by atoms with Crippen LogP contribution >= 0.6 is 12.6 Å². The summed E-state index contributed by atoms with van der Waals surface area (Å²) in [5.74, 6) is 0. The Labute approximate surface area is 83.8 Å². The van der Waals surface area contributed by atoms with Gasteiger partial charge in [0.15, 0.2) is 0 Å². The molecule has 0 heterocycles. The molecule has 1 aromatic carbocycles. The molecular formula is C8H11NO2S2. The molecule has 0 bridgehead atoms. The molecular weight excluding hydrogens is 206 g/mol. The quantitative estimate of drug-likeness (QED) is 0.756. The molecule has 1 aromatic rings. The van der Waals surface area contributed by atoms with E-state index in [1.165, 1.54) is 30.5 Å². The lowest BCUT2D eigenvalue weighted by molar-refractivity contribution is 0.520. The van der Waals surface area contributed by atoms with Crippen LogP contribution in [0, 0.1) is 0 Å². The maximum absolute atomic E-state index is 11.5. The molecule has 5 heteroatoms. The first kappa shape index (κ1) is 10.6. The number of hydrogen-bond acceptors (Lipinski definition) is 3. The molecule has 0 amide bonds. The van der Waals surface area contributed by atoms with Crippen LogP contribution in [0.1, 0.15) is 0 Å². The molecule has 0 atom stereocenters. The Morgan fingerprint density at radius 1 is 1.15 bits per heavy atom. The van der Waals surface area contributed by atoms with Crippen molar-refractivity contribution in [1.82, 2.24) is 4.31 Å². The highest BCUT2D eigenvalue weighted by atomic mass is 32.2. The third kappa shape index (κ3) is 2.24. The summed E-state index contributed by atoms with van der Waals surface area (Å²) in [6.45, 7) is 0. The molecule has 3 nitrogen and oxygen atoms in total. The zero-order chi connectivity index (χ0) is 10.1. The number of sulfonamides is 1. The first-order valence-electron chi connectivity index (χ1n) is 3.66. The van der Waals surface area contributed by atoms with Crippen molar-refractivity contribution in [2.45, 2.75) is 9.79 Å². The minimum atomic E-state index is -3.29. The Kier molecular flexibility index (Phi) is 3.00. The zero-order valence-corrected chi connectivity index (χ0v) is 9.14. The van der Waals surface area contributed by atoms with Gasteiger partial charge in [-0.05, 0) is 24.3 Å². The summed E-state index contributed by atoms with van der Waals surface area (Å²) in [7, 11) is -0.286. The van der Waals surface area contributed by atoms with Gasteiger partial charge in [-0.1, -0.05) is 0 Å². The lowest BCUT2D eigenvalue weighted by atomic mass is 10.4. The average Bonchev–Trinajstić information content (AvgIpc) is 2.04. The third-order valence-corrected chi connectivity index (χ3v) is 3.74. The SMILES string of the molecule is CN(C)S(=O)(=O)c1ccc(S)cc1. The van der Waals surface area contributed by atoms with E-state index < -0.39 is 10.0 Å². The van der Waals surface area contributed by atoms with Crippen LogP contribution in [0.15, 0.2) is 34.1 Å². The lowest BCUT2D eigenvalue weighted by Gasteiger charge is -2.10. The van der Waals surface area contributed by atoms with Crippen LogP contribution in [0.3, 0.4) is 0 Å². The van der Waals surface area contributed by atoms with Crippen molar-refractivity contribution in [3.63, 3.8) is 0 Å². The van der Waals surface area contributed by atoms with E-state index >= 15 is 0 Å². The minimum absolute atomic E-state index is 0.287. The molecule has 0 aromatic heterocycles. The van der Waals surface area contributed by atoms with Crippen molar-refractivity contribution in [1.29, 1.82) is 0 Å². The molecule has 0 fully saturated rings. The molecule has 0 aliphatic rings. The zero-order valence-electron chi connectivity index (χ0n) is 7.43. The van der Waals surface area contributed by atoms with Crippen LogP contribution in [-0.2, 0) is 10.0 Å². The van der Waals surface area contributed by atoms with E-state index in [-0.39, 0.29) is 4.90 Å². The normalized spacial score (nSPS) is 12.0. The molecule has 0 radical (unpaired) electrons. The van der Waals surface area contributed by atoms with Gasteiger partial charge in [-0.2, -0.15) is 0 Å². The predicted molar refractivity (Wildman–Crippen MR) is 54.6 cm³/mol. The van der Waals surface area contributed by atoms with E-state index in [1.54, 1.807) is 12.1 Å². The molecule has 0 aliphatic heterocycles. The highest BCUT2D eigenvalue weighted by Crippen LogP contribution is 2.15. The van der Waals surface area contributed by atoms with Gasteiger partial charge >= 0.3 is 0 Å². The van der Waals surface area contributed by atoms with Gasteiger partial charge in [-0.25, -0.2) is 12.7 Å². The number of benzene rings is 1. The maximum atomic E-state index is 11.5. The molecule has 0 saturated heterocycles. The summed E-state index contributed by atoms with van der Waals surface area (Å²) in [5, 5.41) is 0. The van der Waals surface area contributed by atoms with Crippen LogP contribution in [0.2, 0.25) is 0 Å². The fourth-order valence-electron chi connectivity index (χ4n) is 0.829. The van der Waals surface area contributed by atoms with E-state index in [9.17, 15) is 8.42 Å². The van der Waals surface area contributed by atoms with E-state index in [2.05, 4.69) is 12.6 Å². The molecule has 13 heavy (non-hydrogen) atoms. The summed E-state index contributed by atoms with van der Waals surface area (Å²) in [6, 6.07) is 6.38. The topological polar surface area (TPSA) is 37.4 Å². The monoisotopic (exact) mass is 217 g/mol. The predicted octanol–water partition coefficient (Wildman–Crippen LogP) is 1.23. The van der Waals surface area contributed by atoms with Gasteiger partial charge in [-0.3, -0.25) is 0 Å². The second-order valence-electron chi connectivity index (χ2n) is 2.78. The molecule has 0 aliphatic carbocycles. The summed E-state index contributed by atoms with van der Waals surface area (Å²) < 4.78 is 24.3. The minimum Gasteiger partial charge on any atom is -0.207 e. The van der Waals surface area contributed by atoms with Crippen LogP contribution in [-0.4, -0.2) is 26.8 Å². The van der Waals surface area contributed by atoms with Crippen molar-refractivity contribution in [3.05, 3.63) is 24.3 Å². The number of thiol groups is 1. The van der Waals surface area contributed by atoms with Gasteiger partial charge in [0.2, 0.25) is 10.0 Å². The van der Waals surface area contributed by atoms with Gasteiger partial charge in [0.1, 0.15) is 0 Å². The Morgan fingerprint density at radius 3 is 2.00 bits per heavy atom. The summed E-state index contributed by atoms with van der Waals surface area (Å²) in [4.78, 5) is 1.04. The standard InChI is InChI=1S/C8H11NO2S2/c1-9(2)13(10,11)8-5-3-7(12)4-6-8/h3-6,12H,1-2H3. The molecule has 72 valence electrons. The maximum Gasteiger partial charge on any atom is 0.242 e. The fourth-order valence-corrected chi connectivity index (χ4v) is 1.88. The summed E-state index contributed by atoms with van der Waals surface area (Å²) in [5.41, 5.74) is 0. The molecule has 0 N–H and O–H groups in total. The molecule has 0 saturated carbocycles. The largest absolute Gasteiger partial charge is 0.242 e. The van der Waals surface area contributed by atoms with Gasteiger partial charge in [0.25, 0.3) is 0 Å². The van der Waals surface area contributed by atoms with Crippen molar-refractivity contribution < 1.29 is 8.42 Å². The van der Waals surface area contributed by atoms with E-state index in [1.807, 2.05) is 0 Å². The van der Waals surface area contributed by atoms with Crippen molar-refractivity contribution in [2.24, 2.45) is 0 Å². The van der Waals surface area contributed by atoms with Gasteiger partial charge < -0.3 is 0 Å². The fraction of sp³-hybridized carbons (Fsp3) is 0.250. The Morgan fingerprint density at radius 2 is 1.62 bits per heavy atom. The second kappa shape index (κ2) is 3.69. The summed E-state index contributed by atoms with van der Waals surface area (Å²) >= 11 is 4.07. The Bertz CT molecular complexity index is 381. The first-order chi connectivity index (χ1) is 5.94. The van der Waals surface area contributed by atoms with Crippen LogP contribution in [0.4, 0.5) is 0 Å². The average molecular weight is 217 g/mol. The Hall–Kier alpha value is -0.520. The number of rotatable bonds is 2. The number of hydrogen-bond donors (Lipinski definition) is 1. The molecule has 1 rings (SSSR count). The van der Waals surface area contributed by atoms with Gasteiger partial charge in [0.05, 0.1) is 4.90 Å². The Balaban J connectivity index is 3.17. The van der Waals surface area contributed by atoms with Crippen LogP contribution in [0.5, 0.6) is 0 Å². The van der Waals surface area contributed by atoms with Gasteiger partial charge in [-0.15, -0.1) is 12.6 Å². The van der Waals surface area contributed by atoms with E-state index in [0.29, 0.717) is 0 Å². The molecule has 0 spiro atoms.